The molecule has 2 rings (SSSR count). The van der Waals surface area contributed by atoms with Crippen molar-refractivity contribution in [3.63, 3.8) is 0 Å². The summed E-state index contributed by atoms with van der Waals surface area (Å²) >= 11 is 0. The summed E-state index contributed by atoms with van der Waals surface area (Å²) in [5.41, 5.74) is 9.15. The first kappa shape index (κ1) is 13.4. The molecule has 0 aromatic heterocycles. The minimum Gasteiger partial charge on any atom is -0.508 e. The minimum atomic E-state index is -0.0604. The normalized spacial score (nSPS) is 12.2. The Bertz CT molecular complexity index is 547. The van der Waals surface area contributed by atoms with Crippen molar-refractivity contribution in [3.05, 3.63) is 59.2 Å². The Hall–Kier alpha value is -2.00. The Labute approximate surface area is 113 Å². The van der Waals surface area contributed by atoms with Crippen LogP contribution in [-0.2, 0) is 6.61 Å². The number of phenolic OH excluding ortho intramolecular Hbond substituents is 1. The summed E-state index contributed by atoms with van der Waals surface area (Å²) in [6.45, 7) is 4.45. The van der Waals surface area contributed by atoms with E-state index in [0.717, 1.165) is 16.9 Å². The van der Waals surface area contributed by atoms with Crippen molar-refractivity contribution in [2.75, 3.05) is 0 Å². The second-order valence-electron chi connectivity index (χ2n) is 4.79. The zero-order chi connectivity index (χ0) is 13.8. The molecule has 0 unspecified atom stereocenters. The molecule has 0 saturated carbocycles. The fourth-order valence-corrected chi connectivity index (χ4v) is 1.91. The van der Waals surface area contributed by atoms with Crippen molar-refractivity contribution in [1.29, 1.82) is 0 Å². The van der Waals surface area contributed by atoms with Gasteiger partial charge in [-0.1, -0.05) is 29.8 Å². The molecular weight excluding hydrogens is 238 g/mol. The summed E-state index contributed by atoms with van der Waals surface area (Å²) in [4.78, 5) is 0. The standard InChI is InChI=1S/C16H19NO2/c1-11-3-8-16(15(9-11)12(2)17)19-10-13-4-6-14(18)7-5-13/h3-9,12,18H,10,17H2,1-2H3/t12-/m1/s1. The predicted octanol–water partition coefficient (Wildman–Crippen LogP) is 3.30. The van der Waals surface area contributed by atoms with Gasteiger partial charge in [0.05, 0.1) is 0 Å². The maximum Gasteiger partial charge on any atom is 0.124 e. The van der Waals surface area contributed by atoms with Crippen molar-refractivity contribution in [2.24, 2.45) is 5.73 Å². The van der Waals surface area contributed by atoms with E-state index in [9.17, 15) is 5.11 Å². The van der Waals surface area contributed by atoms with Crippen LogP contribution in [0.4, 0.5) is 0 Å². The second-order valence-corrected chi connectivity index (χ2v) is 4.79. The molecule has 0 aliphatic heterocycles. The average molecular weight is 257 g/mol. The van der Waals surface area contributed by atoms with Crippen molar-refractivity contribution in [2.45, 2.75) is 26.5 Å². The second kappa shape index (κ2) is 5.76. The number of phenols is 1. The van der Waals surface area contributed by atoms with E-state index in [1.54, 1.807) is 12.1 Å². The van der Waals surface area contributed by atoms with Gasteiger partial charge in [-0.05, 0) is 37.6 Å². The van der Waals surface area contributed by atoms with Gasteiger partial charge in [-0.3, -0.25) is 0 Å². The number of aromatic hydroxyl groups is 1. The Morgan fingerprint density at radius 2 is 1.84 bits per heavy atom. The lowest BCUT2D eigenvalue weighted by Gasteiger charge is -2.15. The largest absolute Gasteiger partial charge is 0.508 e. The zero-order valence-corrected chi connectivity index (χ0v) is 11.3. The van der Waals surface area contributed by atoms with Gasteiger partial charge in [0, 0.05) is 11.6 Å². The lowest BCUT2D eigenvalue weighted by atomic mass is 10.1. The van der Waals surface area contributed by atoms with Gasteiger partial charge in [-0.15, -0.1) is 0 Å². The summed E-state index contributed by atoms with van der Waals surface area (Å²) in [7, 11) is 0. The maximum absolute atomic E-state index is 9.23. The van der Waals surface area contributed by atoms with Gasteiger partial charge in [0.25, 0.3) is 0 Å². The van der Waals surface area contributed by atoms with Crippen LogP contribution in [0, 0.1) is 6.92 Å². The number of ether oxygens (including phenoxy) is 1. The summed E-state index contributed by atoms with van der Waals surface area (Å²) in [5, 5.41) is 9.23. The molecule has 0 heterocycles. The predicted molar refractivity (Wildman–Crippen MR) is 76.2 cm³/mol. The van der Waals surface area contributed by atoms with Gasteiger partial charge in [0.2, 0.25) is 0 Å². The topological polar surface area (TPSA) is 55.5 Å². The molecule has 0 aliphatic carbocycles. The minimum absolute atomic E-state index is 0.0604. The average Bonchev–Trinajstić information content (AvgIpc) is 2.39. The molecule has 3 nitrogen and oxygen atoms in total. The van der Waals surface area contributed by atoms with E-state index < -0.39 is 0 Å². The summed E-state index contributed by atoms with van der Waals surface area (Å²) in [6, 6.07) is 12.9. The van der Waals surface area contributed by atoms with E-state index >= 15 is 0 Å². The van der Waals surface area contributed by atoms with Crippen LogP contribution in [0.15, 0.2) is 42.5 Å². The molecular formula is C16H19NO2. The van der Waals surface area contributed by atoms with Crippen LogP contribution in [0.3, 0.4) is 0 Å². The van der Waals surface area contributed by atoms with E-state index in [0.29, 0.717) is 6.61 Å². The molecule has 0 radical (unpaired) electrons. The number of nitrogens with two attached hydrogens (primary N) is 1. The lowest BCUT2D eigenvalue weighted by Crippen LogP contribution is -2.08. The molecule has 3 N–H and O–H groups in total. The molecule has 100 valence electrons. The fourth-order valence-electron chi connectivity index (χ4n) is 1.91. The first-order valence-electron chi connectivity index (χ1n) is 6.33. The lowest BCUT2D eigenvalue weighted by molar-refractivity contribution is 0.301. The van der Waals surface area contributed by atoms with Crippen LogP contribution in [0.2, 0.25) is 0 Å². The Morgan fingerprint density at radius 3 is 2.47 bits per heavy atom. The van der Waals surface area contributed by atoms with Crippen LogP contribution in [0.1, 0.15) is 29.7 Å². The van der Waals surface area contributed by atoms with E-state index in [2.05, 4.69) is 6.07 Å². The molecule has 3 heteroatoms. The molecule has 0 bridgehead atoms. The van der Waals surface area contributed by atoms with Crippen molar-refractivity contribution >= 4 is 0 Å². The van der Waals surface area contributed by atoms with Crippen LogP contribution >= 0.6 is 0 Å². The number of hydrogen-bond acceptors (Lipinski definition) is 3. The van der Waals surface area contributed by atoms with E-state index in [1.807, 2.05) is 38.1 Å². The SMILES string of the molecule is Cc1ccc(OCc2ccc(O)cc2)c([C@@H](C)N)c1. The summed E-state index contributed by atoms with van der Waals surface area (Å²) in [5.74, 6) is 1.07. The first-order valence-corrected chi connectivity index (χ1v) is 6.33. The number of benzene rings is 2. The van der Waals surface area contributed by atoms with Gasteiger partial charge in [0.15, 0.2) is 0 Å². The third kappa shape index (κ3) is 3.48. The highest BCUT2D eigenvalue weighted by Gasteiger charge is 2.08. The Kier molecular flexibility index (Phi) is 4.07. The zero-order valence-electron chi connectivity index (χ0n) is 11.3. The molecule has 0 spiro atoms. The highest BCUT2D eigenvalue weighted by Crippen LogP contribution is 2.26. The highest BCUT2D eigenvalue weighted by atomic mass is 16.5. The third-order valence-corrected chi connectivity index (χ3v) is 2.99. The van der Waals surface area contributed by atoms with Crippen LogP contribution in [0.5, 0.6) is 11.5 Å². The molecule has 0 amide bonds. The molecule has 2 aromatic rings. The molecule has 0 aliphatic rings. The molecule has 1 atom stereocenters. The maximum atomic E-state index is 9.23. The Morgan fingerprint density at radius 1 is 1.16 bits per heavy atom. The Balaban J connectivity index is 2.13. The molecule has 0 fully saturated rings. The van der Waals surface area contributed by atoms with E-state index in [1.165, 1.54) is 5.56 Å². The number of aryl methyl sites for hydroxylation is 1. The first-order chi connectivity index (χ1) is 9.06. The van der Waals surface area contributed by atoms with Gasteiger partial charge in [0.1, 0.15) is 18.1 Å². The molecule has 19 heavy (non-hydrogen) atoms. The van der Waals surface area contributed by atoms with E-state index in [-0.39, 0.29) is 11.8 Å². The van der Waals surface area contributed by atoms with Crippen molar-refractivity contribution < 1.29 is 9.84 Å². The van der Waals surface area contributed by atoms with Gasteiger partial charge in [-0.25, -0.2) is 0 Å². The number of rotatable bonds is 4. The third-order valence-electron chi connectivity index (χ3n) is 2.99. The van der Waals surface area contributed by atoms with E-state index in [4.69, 9.17) is 10.5 Å². The summed E-state index contributed by atoms with van der Waals surface area (Å²) < 4.78 is 5.82. The quantitative estimate of drug-likeness (QED) is 0.883. The fraction of sp³-hybridized carbons (Fsp3) is 0.250. The van der Waals surface area contributed by atoms with Gasteiger partial charge < -0.3 is 15.6 Å². The van der Waals surface area contributed by atoms with Gasteiger partial charge >= 0.3 is 0 Å². The molecule has 0 saturated heterocycles. The van der Waals surface area contributed by atoms with Crippen molar-refractivity contribution in [1.82, 2.24) is 0 Å². The molecule has 2 aromatic carbocycles. The van der Waals surface area contributed by atoms with Crippen LogP contribution < -0.4 is 10.5 Å². The van der Waals surface area contributed by atoms with Crippen LogP contribution in [0.25, 0.3) is 0 Å². The number of hydrogen-bond donors (Lipinski definition) is 2. The van der Waals surface area contributed by atoms with Crippen LogP contribution in [-0.4, -0.2) is 5.11 Å². The highest BCUT2D eigenvalue weighted by molar-refractivity contribution is 5.39. The summed E-state index contributed by atoms with van der Waals surface area (Å²) in [6.07, 6.45) is 0. The smallest absolute Gasteiger partial charge is 0.124 e. The monoisotopic (exact) mass is 257 g/mol. The van der Waals surface area contributed by atoms with Crippen molar-refractivity contribution in [3.8, 4) is 11.5 Å². The van der Waals surface area contributed by atoms with Gasteiger partial charge in [-0.2, -0.15) is 0 Å².